The zero-order valence-corrected chi connectivity index (χ0v) is 15.4. The van der Waals surface area contributed by atoms with Gasteiger partial charge in [-0.25, -0.2) is 0 Å². The molecule has 2 heteroatoms. The highest BCUT2D eigenvalue weighted by atomic mass is 16.5. The molecular formula is C18H36O2. The fraction of sp³-hybridized carbons (Fsp3) is 0.944. The van der Waals surface area contributed by atoms with Gasteiger partial charge in [0.15, 0.2) is 5.78 Å². The predicted molar refractivity (Wildman–Crippen MR) is 87.0 cm³/mol. The number of rotatable bonds is 7. The first-order valence-electron chi connectivity index (χ1n) is 7.92. The average Bonchev–Trinajstić information content (AvgIpc) is 2.25. The van der Waals surface area contributed by atoms with Crippen LogP contribution < -0.4 is 0 Å². The summed E-state index contributed by atoms with van der Waals surface area (Å²) < 4.78 is 5.73. The van der Waals surface area contributed by atoms with Gasteiger partial charge in [0.2, 0.25) is 0 Å². The second-order valence-electron chi connectivity index (χ2n) is 8.55. The molecule has 0 aromatic carbocycles. The van der Waals surface area contributed by atoms with Crippen molar-refractivity contribution in [2.24, 2.45) is 16.2 Å². The van der Waals surface area contributed by atoms with Crippen LogP contribution in [0.4, 0.5) is 0 Å². The third kappa shape index (κ3) is 4.31. The van der Waals surface area contributed by atoms with E-state index in [1.807, 2.05) is 20.8 Å². The Hall–Kier alpha value is -0.370. The van der Waals surface area contributed by atoms with Crippen LogP contribution in [0.5, 0.6) is 0 Å². The minimum Gasteiger partial charge on any atom is -0.368 e. The van der Waals surface area contributed by atoms with E-state index in [4.69, 9.17) is 4.74 Å². The second-order valence-corrected chi connectivity index (χ2v) is 8.55. The van der Waals surface area contributed by atoms with Crippen molar-refractivity contribution in [3.05, 3.63) is 0 Å². The summed E-state index contributed by atoms with van der Waals surface area (Å²) >= 11 is 0. The second kappa shape index (κ2) is 6.17. The van der Waals surface area contributed by atoms with E-state index in [1.54, 1.807) is 0 Å². The maximum atomic E-state index is 13.2. The summed E-state index contributed by atoms with van der Waals surface area (Å²) in [5.74, 6) is 0.223. The van der Waals surface area contributed by atoms with E-state index in [0.29, 0.717) is 6.61 Å². The first kappa shape index (κ1) is 19.6. The molecule has 0 heterocycles. The van der Waals surface area contributed by atoms with Crippen LogP contribution in [0.25, 0.3) is 0 Å². The normalized spacial score (nSPS) is 16.9. The summed E-state index contributed by atoms with van der Waals surface area (Å²) in [6, 6.07) is 0. The molecule has 120 valence electrons. The number of carbonyl (C=O) groups is 1. The largest absolute Gasteiger partial charge is 0.368 e. The van der Waals surface area contributed by atoms with Crippen LogP contribution in [0.2, 0.25) is 0 Å². The quantitative estimate of drug-likeness (QED) is 0.638. The topological polar surface area (TPSA) is 26.3 Å². The van der Waals surface area contributed by atoms with Crippen molar-refractivity contribution in [1.82, 2.24) is 0 Å². The van der Waals surface area contributed by atoms with Gasteiger partial charge in [-0.15, -0.1) is 0 Å². The standard InChI is InChI=1S/C18H36O2/c1-11-16(6,7)13-18(10,15(3,4)5)14(19)17(8,9)20-12-2/h11-13H2,1-10H3. The summed E-state index contributed by atoms with van der Waals surface area (Å²) in [6.07, 6.45) is 1.95. The van der Waals surface area contributed by atoms with Crippen LogP contribution in [0, 0.1) is 16.2 Å². The van der Waals surface area contributed by atoms with Crippen LogP contribution in [0.15, 0.2) is 0 Å². The molecular weight excluding hydrogens is 248 g/mol. The predicted octanol–water partition coefficient (Wildman–Crippen LogP) is 5.25. The number of hydrogen-bond acceptors (Lipinski definition) is 2. The Bertz CT molecular complexity index is 334. The Morgan fingerprint density at radius 3 is 1.65 bits per heavy atom. The number of Topliss-reactive ketones (excluding diaryl/α,β-unsaturated/α-hetero) is 1. The monoisotopic (exact) mass is 284 g/mol. The van der Waals surface area contributed by atoms with Gasteiger partial charge in [0.1, 0.15) is 5.60 Å². The van der Waals surface area contributed by atoms with Crippen LogP contribution >= 0.6 is 0 Å². The Morgan fingerprint density at radius 2 is 1.35 bits per heavy atom. The maximum absolute atomic E-state index is 13.2. The van der Waals surface area contributed by atoms with Crippen LogP contribution in [0.1, 0.15) is 82.1 Å². The van der Waals surface area contributed by atoms with Crippen molar-refractivity contribution in [2.45, 2.75) is 87.7 Å². The van der Waals surface area contributed by atoms with E-state index in [9.17, 15) is 4.79 Å². The average molecular weight is 284 g/mol. The molecule has 0 aliphatic carbocycles. The molecule has 0 aromatic heterocycles. The third-order valence-electron chi connectivity index (χ3n) is 5.00. The Morgan fingerprint density at radius 1 is 0.900 bits per heavy atom. The summed E-state index contributed by atoms with van der Waals surface area (Å²) in [7, 11) is 0. The third-order valence-corrected chi connectivity index (χ3v) is 5.00. The summed E-state index contributed by atoms with van der Waals surface area (Å²) in [6.45, 7) is 21.6. The lowest BCUT2D eigenvalue weighted by Crippen LogP contribution is -2.52. The lowest BCUT2D eigenvalue weighted by atomic mass is 9.56. The maximum Gasteiger partial charge on any atom is 0.170 e. The molecule has 1 unspecified atom stereocenters. The fourth-order valence-corrected chi connectivity index (χ4v) is 2.86. The number of ketones is 1. The minimum absolute atomic E-state index is 0.0924. The van der Waals surface area contributed by atoms with E-state index in [-0.39, 0.29) is 16.6 Å². The summed E-state index contributed by atoms with van der Waals surface area (Å²) in [5, 5.41) is 0. The highest BCUT2D eigenvalue weighted by Crippen LogP contribution is 2.50. The van der Waals surface area contributed by atoms with E-state index in [1.165, 1.54) is 0 Å². The number of ether oxygens (including phenoxy) is 1. The first-order chi connectivity index (χ1) is 8.73. The van der Waals surface area contributed by atoms with Crippen LogP contribution in [0.3, 0.4) is 0 Å². The van der Waals surface area contributed by atoms with E-state index in [2.05, 4.69) is 48.5 Å². The lowest BCUT2D eigenvalue weighted by Gasteiger charge is -2.48. The van der Waals surface area contributed by atoms with Crippen molar-refractivity contribution in [3.63, 3.8) is 0 Å². The fourth-order valence-electron chi connectivity index (χ4n) is 2.86. The van der Waals surface area contributed by atoms with Crippen molar-refractivity contribution >= 4 is 5.78 Å². The van der Waals surface area contributed by atoms with Gasteiger partial charge in [-0.05, 0) is 38.0 Å². The van der Waals surface area contributed by atoms with Gasteiger partial charge in [-0.1, -0.05) is 54.9 Å². The number of hydrogen-bond donors (Lipinski definition) is 0. The van der Waals surface area contributed by atoms with Crippen molar-refractivity contribution in [3.8, 4) is 0 Å². The molecule has 1 atom stereocenters. The molecule has 0 radical (unpaired) electrons. The molecule has 0 N–H and O–H groups in total. The van der Waals surface area contributed by atoms with Crippen molar-refractivity contribution in [1.29, 1.82) is 0 Å². The zero-order valence-electron chi connectivity index (χ0n) is 15.4. The van der Waals surface area contributed by atoms with Gasteiger partial charge in [0.25, 0.3) is 0 Å². The lowest BCUT2D eigenvalue weighted by molar-refractivity contribution is -0.159. The van der Waals surface area contributed by atoms with Gasteiger partial charge in [-0.3, -0.25) is 4.79 Å². The van der Waals surface area contributed by atoms with Crippen molar-refractivity contribution < 1.29 is 9.53 Å². The highest BCUT2D eigenvalue weighted by Gasteiger charge is 2.51. The number of carbonyl (C=O) groups excluding carboxylic acids is 1. The van der Waals surface area contributed by atoms with E-state index in [0.717, 1.165) is 12.8 Å². The van der Waals surface area contributed by atoms with Gasteiger partial charge < -0.3 is 4.74 Å². The van der Waals surface area contributed by atoms with Crippen LogP contribution in [-0.4, -0.2) is 18.0 Å². The molecule has 0 saturated heterocycles. The van der Waals surface area contributed by atoms with Gasteiger partial charge in [-0.2, -0.15) is 0 Å². The molecule has 0 saturated carbocycles. The first-order valence-corrected chi connectivity index (χ1v) is 7.92. The summed E-state index contributed by atoms with van der Waals surface area (Å²) in [5.41, 5.74) is -1.06. The minimum atomic E-state index is -0.722. The molecule has 2 nitrogen and oxygen atoms in total. The molecule has 0 aliphatic rings. The van der Waals surface area contributed by atoms with E-state index >= 15 is 0 Å². The van der Waals surface area contributed by atoms with Gasteiger partial charge in [0.05, 0.1) is 0 Å². The Labute approximate surface area is 126 Å². The van der Waals surface area contributed by atoms with Crippen molar-refractivity contribution in [2.75, 3.05) is 6.61 Å². The van der Waals surface area contributed by atoms with Gasteiger partial charge >= 0.3 is 0 Å². The molecule has 0 spiro atoms. The Balaban J connectivity index is 5.64. The molecule has 0 aromatic rings. The van der Waals surface area contributed by atoms with Crippen LogP contribution in [-0.2, 0) is 9.53 Å². The molecule has 0 amide bonds. The Kier molecular flexibility index (Phi) is 6.06. The zero-order chi connectivity index (χ0) is 16.4. The highest BCUT2D eigenvalue weighted by molar-refractivity contribution is 5.92. The molecule has 0 fully saturated rings. The van der Waals surface area contributed by atoms with E-state index < -0.39 is 11.0 Å². The molecule has 20 heavy (non-hydrogen) atoms. The van der Waals surface area contributed by atoms with Gasteiger partial charge in [0, 0.05) is 12.0 Å². The summed E-state index contributed by atoms with van der Waals surface area (Å²) in [4.78, 5) is 13.2. The molecule has 0 bridgehead atoms. The SMILES string of the molecule is CCOC(C)(C)C(=O)C(C)(CC(C)(C)CC)C(C)(C)C. The molecule has 0 aliphatic heterocycles. The molecule has 0 rings (SSSR count). The smallest absolute Gasteiger partial charge is 0.170 e.